The van der Waals surface area contributed by atoms with E-state index in [1.165, 1.54) is 18.2 Å². The second-order valence-electron chi connectivity index (χ2n) is 4.85. The average Bonchev–Trinajstić information content (AvgIpc) is 2.41. The number of benzene rings is 2. The SMILES string of the molecule is CC(N)Cc1ccc(OCc2cc(F)ccc2Cl)cc1. The summed E-state index contributed by atoms with van der Waals surface area (Å²) in [6.07, 6.45) is 0.829. The number of ether oxygens (including phenoxy) is 1. The van der Waals surface area contributed by atoms with Gasteiger partial charge >= 0.3 is 0 Å². The quantitative estimate of drug-likeness (QED) is 0.906. The molecule has 0 fully saturated rings. The Morgan fingerprint density at radius 1 is 1.20 bits per heavy atom. The molecule has 4 heteroatoms. The van der Waals surface area contributed by atoms with Gasteiger partial charge in [0, 0.05) is 16.6 Å². The molecule has 0 bridgehead atoms. The third-order valence-corrected chi connectivity index (χ3v) is 3.25. The second kappa shape index (κ2) is 6.73. The fraction of sp³-hybridized carbons (Fsp3) is 0.250. The van der Waals surface area contributed by atoms with Gasteiger partial charge in [0.25, 0.3) is 0 Å². The van der Waals surface area contributed by atoms with Crippen LogP contribution in [0.5, 0.6) is 5.75 Å². The first kappa shape index (κ1) is 14.8. The molecule has 2 aromatic rings. The fourth-order valence-corrected chi connectivity index (χ4v) is 2.08. The van der Waals surface area contributed by atoms with E-state index in [0.717, 1.165) is 17.7 Å². The molecule has 20 heavy (non-hydrogen) atoms. The Balaban J connectivity index is 1.98. The van der Waals surface area contributed by atoms with Gasteiger partial charge in [-0.15, -0.1) is 0 Å². The second-order valence-corrected chi connectivity index (χ2v) is 5.26. The number of hydrogen-bond acceptors (Lipinski definition) is 2. The summed E-state index contributed by atoms with van der Waals surface area (Å²) in [5.74, 6) is 0.402. The monoisotopic (exact) mass is 293 g/mol. The highest BCUT2D eigenvalue weighted by molar-refractivity contribution is 6.31. The van der Waals surface area contributed by atoms with Gasteiger partial charge in [0.05, 0.1) is 0 Å². The molecule has 0 spiro atoms. The zero-order valence-corrected chi connectivity index (χ0v) is 12.0. The molecular weight excluding hydrogens is 277 g/mol. The maximum atomic E-state index is 13.1. The van der Waals surface area contributed by atoms with Gasteiger partial charge in [-0.2, -0.15) is 0 Å². The first-order valence-electron chi connectivity index (χ1n) is 6.46. The normalized spacial score (nSPS) is 12.2. The molecule has 0 saturated heterocycles. The predicted octanol–water partition coefficient (Wildman–Crippen LogP) is 3.95. The van der Waals surface area contributed by atoms with E-state index in [4.69, 9.17) is 22.1 Å². The summed E-state index contributed by atoms with van der Waals surface area (Å²) in [6, 6.07) is 12.1. The molecule has 2 nitrogen and oxygen atoms in total. The van der Waals surface area contributed by atoms with Crippen molar-refractivity contribution in [3.8, 4) is 5.75 Å². The van der Waals surface area contributed by atoms with Gasteiger partial charge in [0.1, 0.15) is 18.2 Å². The molecule has 0 aliphatic rings. The average molecular weight is 294 g/mol. The Labute approximate surface area is 123 Å². The van der Waals surface area contributed by atoms with Crippen molar-refractivity contribution in [1.29, 1.82) is 0 Å². The summed E-state index contributed by atoms with van der Waals surface area (Å²) in [6.45, 7) is 2.21. The Morgan fingerprint density at radius 2 is 1.90 bits per heavy atom. The summed E-state index contributed by atoms with van der Waals surface area (Å²) >= 11 is 5.98. The van der Waals surface area contributed by atoms with E-state index >= 15 is 0 Å². The van der Waals surface area contributed by atoms with Crippen molar-refractivity contribution in [2.75, 3.05) is 0 Å². The Kier molecular flexibility index (Phi) is 4.99. The molecule has 2 rings (SSSR count). The van der Waals surface area contributed by atoms with E-state index in [2.05, 4.69) is 0 Å². The number of halogens is 2. The molecule has 106 valence electrons. The van der Waals surface area contributed by atoms with Gasteiger partial charge in [-0.3, -0.25) is 0 Å². The van der Waals surface area contributed by atoms with Crippen LogP contribution in [0.25, 0.3) is 0 Å². The van der Waals surface area contributed by atoms with Gasteiger partial charge < -0.3 is 10.5 Å². The van der Waals surface area contributed by atoms with Crippen LogP contribution in [0, 0.1) is 5.82 Å². The summed E-state index contributed by atoms with van der Waals surface area (Å²) in [7, 11) is 0. The largest absolute Gasteiger partial charge is 0.489 e. The van der Waals surface area contributed by atoms with Crippen LogP contribution in [-0.2, 0) is 13.0 Å². The molecule has 1 unspecified atom stereocenters. The zero-order chi connectivity index (χ0) is 14.5. The smallest absolute Gasteiger partial charge is 0.123 e. The standard InChI is InChI=1S/C16H17ClFNO/c1-11(19)8-12-2-5-15(6-3-12)20-10-13-9-14(18)4-7-16(13)17/h2-7,9,11H,8,10,19H2,1H3. The molecule has 0 aliphatic carbocycles. The van der Waals surface area contributed by atoms with Crippen LogP contribution < -0.4 is 10.5 Å². The number of nitrogens with two attached hydrogens (primary N) is 1. The van der Waals surface area contributed by atoms with E-state index in [9.17, 15) is 4.39 Å². The highest BCUT2D eigenvalue weighted by Crippen LogP contribution is 2.20. The predicted molar refractivity (Wildman–Crippen MR) is 79.5 cm³/mol. The lowest BCUT2D eigenvalue weighted by molar-refractivity contribution is 0.305. The van der Waals surface area contributed by atoms with Gasteiger partial charge in [0.15, 0.2) is 0 Å². The summed E-state index contributed by atoms with van der Waals surface area (Å²) in [5, 5.41) is 0.500. The molecule has 0 aliphatic heterocycles. The van der Waals surface area contributed by atoms with E-state index in [-0.39, 0.29) is 18.5 Å². The lowest BCUT2D eigenvalue weighted by atomic mass is 10.1. The zero-order valence-electron chi connectivity index (χ0n) is 11.3. The van der Waals surface area contributed by atoms with E-state index in [1.807, 2.05) is 31.2 Å². The van der Waals surface area contributed by atoms with Gasteiger partial charge in [-0.25, -0.2) is 4.39 Å². The minimum atomic E-state index is -0.319. The fourth-order valence-electron chi connectivity index (χ4n) is 1.91. The molecule has 0 heterocycles. The van der Waals surface area contributed by atoms with Crippen molar-refractivity contribution in [3.63, 3.8) is 0 Å². The van der Waals surface area contributed by atoms with Crippen LogP contribution >= 0.6 is 11.6 Å². The third kappa shape index (κ3) is 4.22. The summed E-state index contributed by atoms with van der Waals surface area (Å²) in [5.41, 5.74) is 7.54. The third-order valence-electron chi connectivity index (χ3n) is 2.88. The topological polar surface area (TPSA) is 35.2 Å². The lowest BCUT2D eigenvalue weighted by Gasteiger charge is -2.09. The molecule has 0 radical (unpaired) electrons. The van der Waals surface area contributed by atoms with Crippen LogP contribution in [0.15, 0.2) is 42.5 Å². The van der Waals surface area contributed by atoms with Crippen LogP contribution in [0.4, 0.5) is 4.39 Å². The highest BCUT2D eigenvalue weighted by Gasteiger charge is 2.04. The van der Waals surface area contributed by atoms with E-state index in [1.54, 1.807) is 0 Å². The van der Waals surface area contributed by atoms with Gasteiger partial charge in [-0.05, 0) is 49.2 Å². The number of hydrogen-bond donors (Lipinski definition) is 1. The van der Waals surface area contributed by atoms with Crippen LogP contribution in [0.3, 0.4) is 0 Å². The minimum Gasteiger partial charge on any atom is -0.489 e. The molecule has 0 saturated carbocycles. The first-order valence-corrected chi connectivity index (χ1v) is 6.83. The minimum absolute atomic E-state index is 0.132. The van der Waals surface area contributed by atoms with Crippen molar-refractivity contribution in [1.82, 2.24) is 0 Å². The van der Waals surface area contributed by atoms with Gasteiger partial charge in [0.2, 0.25) is 0 Å². The molecule has 1 atom stereocenters. The van der Waals surface area contributed by atoms with Gasteiger partial charge in [-0.1, -0.05) is 23.7 Å². The van der Waals surface area contributed by atoms with Crippen molar-refractivity contribution in [2.45, 2.75) is 26.0 Å². The number of rotatable bonds is 5. The van der Waals surface area contributed by atoms with Crippen LogP contribution in [-0.4, -0.2) is 6.04 Å². The van der Waals surface area contributed by atoms with E-state index < -0.39 is 0 Å². The first-order chi connectivity index (χ1) is 9.54. The Morgan fingerprint density at radius 3 is 2.55 bits per heavy atom. The summed E-state index contributed by atoms with van der Waals surface area (Å²) in [4.78, 5) is 0. The summed E-state index contributed by atoms with van der Waals surface area (Å²) < 4.78 is 18.7. The molecular formula is C16H17ClFNO. The van der Waals surface area contributed by atoms with Crippen LogP contribution in [0.1, 0.15) is 18.1 Å². The molecule has 2 aromatic carbocycles. The van der Waals surface area contributed by atoms with Crippen molar-refractivity contribution in [3.05, 3.63) is 64.4 Å². The maximum Gasteiger partial charge on any atom is 0.123 e. The lowest BCUT2D eigenvalue weighted by Crippen LogP contribution is -2.17. The van der Waals surface area contributed by atoms with Crippen molar-refractivity contribution < 1.29 is 9.13 Å². The maximum absolute atomic E-state index is 13.1. The Hall–Kier alpha value is -1.58. The van der Waals surface area contributed by atoms with Crippen LogP contribution in [0.2, 0.25) is 5.02 Å². The molecule has 2 N–H and O–H groups in total. The highest BCUT2D eigenvalue weighted by atomic mass is 35.5. The molecule has 0 aromatic heterocycles. The van der Waals surface area contributed by atoms with Crippen molar-refractivity contribution in [2.24, 2.45) is 5.73 Å². The van der Waals surface area contributed by atoms with E-state index in [0.29, 0.717) is 10.6 Å². The molecule has 0 amide bonds. The van der Waals surface area contributed by atoms with Crippen molar-refractivity contribution >= 4 is 11.6 Å². The Bertz CT molecular complexity index is 569.